The molecule has 0 N–H and O–H groups in total. The quantitative estimate of drug-likeness (QED) is 0.844. The maximum atomic E-state index is 12.3. The van der Waals surface area contributed by atoms with Gasteiger partial charge in [-0.15, -0.1) is 0 Å². The van der Waals surface area contributed by atoms with E-state index in [4.69, 9.17) is 4.74 Å². The first kappa shape index (κ1) is 12.5. The van der Waals surface area contributed by atoms with Crippen molar-refractivity contribution in [2.45, 2.75) is 12.8 Å². The lowest BCUT2D eigenvalue weighted by Crippen LogP contribution is -2.05. The molecule has 0 unspecified atom stereocenters. The molecule has 0 saturated heterocycles. The molecule has 0 aliphatic carbocycles. The number of benzene rings is 1. The van der Waals surface area contributed by atoms with Crippen LogP contribution in [0.5, 0.6) is 5.75 Å². The van der Waals surface area contributed by atoms with E-state index in [0.29, 0.717) is 11.6 Å². The maximum absolute atomic E-state index is 12.3. The van der Waals surface area contributed by atoms with Crippen LogP contribution in [0.3, 0.4) is 0 Å². The third kappa shape index (κ3) is 2.82. The summed E-state index contributed by atoms with van der Waals surface area (Å²) in [6, 6.07) is 4.58. The molecule has 0 saturated carbocycles. The number of hydrogen-bond donors (Lipinski definition) is 0. The molecule has 18 heavy (non-hydrogen) atoms. The minimum absolute atomic E-state index is 0.217. The highest BCUT2D eigenvalue weighted by Gasteiger charge is 2.29. The molecule has 0 atom stereocenters. The van der Waals surface area contributed by atoms with Gasteiger partial charge in [0, 0.05) is 19.4 Å². The molecule has 6 heteroatoms. The Kier molecular flexibility index (Phi) is 3.27. The third-order valence-corrected chi connectivity index (χ3v) is 2.47. The van der Waals surface area contributed by atoms with Gasteiger partial charge in [-0.05, 0) is 24.3 Å². The first-order valence-corrected chi connectivity index (χ1v) is 5.23. The molecule has 2 rings (SSSR count). The third-order valence-electron chi connectivity index (χ3n) is 2.47. The molecular formula is C12H11F3N2O. The number of aryl methyl sites for hydroxylation is 1. The van der Waals surface area contributed by atoms with Crippen LogP contribution in [0, 0.1) is 0 Å². The molecule has 1 heterocycles. The molecule has 1 aromatic carbocycles. The van der Waals surface area contributed by atoms with Crippen LogP contribution >= 0.6 is 0 Å². The Morgan fingerprint density at radius 2 is 1.89 bits per heavy atom. The molecule has 0 bridgehead atoms. The Morgan fingerprint density at radius 3 is 2.39 bits per heavy atom. The molecule has 0 spiro atoms. The van der Waals surface area contributed by atoms with Gasteiger partial charge in [-0.2, -0.15) is 13.2 Å². The van der Waals surface area contributed by atoms with E-state index in [0.717, 1.165) is 12.1 Å². The van der Waals surface area contributed by atoms with Crippen molar-refractivity contribution in [3.8, 4) is 5.75 Å². The van der Waals surface area contributed by atoms with Gasteiger partial charge in [0.2, 0.25) is 0 Å². The van der Waals surface area contributed by atoms with Crippen LogP contribution in [0.4, 0.5) is 13.2 Å². The average molecular weight is 256 g/mol. The predicted molar refractivity (Wildman–Crippen MR) is 59.0 cm³/mol. The van der Waals surface area contributed by atoms with Crippen molar-refractivity contribution in [2.24, 2.45) is 7.05 Å². The van der Waals surface area contributed by atoms with E-state index >= 15 is 0 Å². The number of rotatable bonds is 3. The summed E-state index contributed by atoms with van der Waals surface area (Å²) >= 11 is 0. The molecule has 96 valence electrons. The van der Waals surface area contributed by atoms with E-state index in [1.165, 1.54) is 12.1 Å². The highest BCUT2D eigenvalue weighted by Crippen LogP contribution is 2.30. The Morgan fingerprint density at radius 1 is 1.22 bits per heavy atom. The monoisotopic (exact) mass is 256 g/mol. The van der Waals surface area contributed by atoms with E-state index in [-0.39, 0.29) is 6.61 Å². The van der Waals surface area contributed by atoms with Crippen molar-refractivity contribution in [2.75, 3.05) is 0 Å². The molecule has 0 aliphatic rings. The summed E-state index contributed by atoms with van der Waals surface area (Å²) in [6.45, 7) is 0.217. The fourth-order valence-corrected chi connectivity index (χ4v) is 1.42. The van der Waals surface area contributed by atoms with Gasteiger partial charge in [0.15, 0.2) is 0 Å². The van der Waals surface area contributed by atoms with Crippen LogP contribution < -0.4 is 4.74 Å². The number of halogens is 3. The van der Waals surface area contributed by atoms with Gasteiger partial charge in [-0.25, -0.2) is 4.98 Å². The van der Waals surface area contributed by atoms with Gasteiger partial charge in [0.1, 0.15) is 18.2 Å². The molecule has 0 amide bonds. The molecule has 1 aromatic heterocycles. The van der Waals surface area contributed by atoms with Crippen LogP contribution in [0.2, 0.25) is 0 Å². The Bertz CT molecular complexity index is 517. The van der Waals surface area contributed by atoms with Crippen LogP contribution in [-0.4, -0.2) is 9.55 Å². The standard InChI is InChI=1S/C12H11F3N2O/c1-17-7-6-16-11(17)8-18-10-4-2-9(3-5-10)12(13,14)15/h2-7H,8H2,1H3. The van der Waals surface area contributed by atoms with Gasteiger partial charge >= 0.3 is 6.18 Å². The second kappa shape index (κ2) is 4.72. The van der Waals surface area contributed by atoms with Crippen molar-refractivity contribution < 1.29 is 17.9 Å². The van der Waals surface area contributed by atoms with Gasteiger partial charge in [0.05, 0.1) is 5.56 Å². The van der Waals surface area contributed by atoms with Gasteiger partial charge in [-0.3, -0.25) is 0 Å². The smallest absolute Gasteiger partial charge is 0.416 e. The lowest BCUT2D eigenvalue weighted by molar-refractivity contribution is -0.137. The van der Waals surface area contributed by atoms with Crippen LogP contribution in [0.1, 0.15) is 11.4 Å². The molecule has 0 radical (unpaired) electrons. The summed E-state index contributed by atoms with van der Waals surface area (Å²) in [5, 5.41) is 0. The Labute approximate surface area is 102 Å². The number of imidazole rings is 1. The Balaban J connectivity index is 2.01. The van der Waals surface area contributed by atoms with E-state index in [1.54, 1.807) is 17.0 Å². The highest BCUT2D eigenvalue weighted by molar-refractivity contribution is 5.28. The van der Waals surface area contributed by atoms with Gasteiger partial charge in [-0.1, -0.05) is 0 Å². The number of hydrogen-bond acceptors (Lipinski definition) is 2. The second-order valence-electron chi connectivity index (χ2n) is 3.77. The zero-order chi connectivity index (χ0) is 13.2. The predicted octanol–water partition coefficient (Wildman–Crippen LogP) is 3.02. The van der Waals surface area contributed by atoms with Crippen LogP contribution in [0.25, 0.3) is 0 Å². The minimum Gasteiger partial charge on any atom is -0.486 e. The number of nitrogens with zero attached hydrogens (tertiary/aromatic N) is 2. The summed E-state index contributed by atoms with van der Waals surface area (Å²) in [4.78, 5) is 4.05. The first-order valence-electron chi connectivity index (χ1n) is 5.23. The van der Waals surface area contributed by atoms with E-state index < -0.39 is 11.7 Å². The second-order valence-corrected chi connectivity index (χ2v) is 3.77. The van der Waals surface area contributed by atoms with Crippen molar-refractivity contribution in [3.05, 3.63) is 48.0 Å². The molecule has 0 fully saturated rings. The lowest BCUT2D eigenvalue weighted by atomic mass is 10.2. The zero-order valence-corrected chi connectivity index (χ0v) is 9.61. The van der Waals surface area contributed by atoms with Crippen molar-refractivity contribution in [1.82, 2.24) is 9.55 Å². The number of aromatic nitrogens is 2. The van der Waals surface area contributed by atoms with E-state index in [1.807, 2.05) is 7.05 Å². The van der Waals surface area contributed by atoms with Gasteiger partial charge in [0.25, 0.3) is 0 Å². The average Bonchev–Trinajstić information content (AvgIpc) is 2.72. The largest absolute Gasteiger partial charge is 0.486 e. The first-order chi connectivity index (χ1) is 8.47. The SMILES string of the molecule is Cn1ccnc1COc1ccc(C(F)(F)F)cc1. The fourth-order valence-electron chi connectivity index (χ4n) is 1.42. The topological polar surface area (TPSA) is 27.1 Å². The molecule has 0 aliphatic heterocycles. The van der Waals surface area contributed by atoms with Crippen molar-refractivity contribution >= 4 is 0 Å². The number of ether oxygens (including phenoxy) is 1. The van der Waals surface area contributed by atoms with E-state index in [2.05, 4.69) is 4.98 Å². The Hall–Kier alpha value is -1.98. The highest BCUT2D eigenvalue weighted by atomic mass is 19.4. The van der Waals surface area contributed by atoms with Crippen LogP contribution in [-0.2, 0) is 19.8 Å². The van der Waals surface area contributed by atoms with Crippen LogP contribution in [0.15, 0.2) is 36.7 Å². The van der Waals surface area contributed by atoms with Crippen molar-refractivity contribution in [3.63, 3.8) is 0 Å². The molecule has 2 aromatic rings. The summed E-state index contributed by atoms with van der Waals surface area (Å²) in [5.41, 5.74) is -0.688. The normalized spacial score (nSPS) is 11.6. The summed E-state index contributed by atoms with van der Waals surface area (Å²) in [6.07, 6.45) is -0.922. The van der Waals surface area contributed by atoms with E-state index in [9.17, 15) is 13.2 Å². The zero-order valence-electron chi connectivity index (χ0n) is 9.61. The molecular weight excluding hydrogens is 245 g/mol. The summed E-state index contributed by atoms with van der Waals surface area (Å²) < 4.78 is 44.1. The van der Waals surface area contributed by atoms with Crippen molar-refractivity contribution in [1.29, 1.82) is 0 Å². The summed E-state index contributed by atoms with van der Waals surface area (Å²) in [5.74, 6) is 1.08. The summed E-state index contributed by atoms with van der Waals surface area (Å²) in [7, 11) is 1.82. The maximum Gasteiger partial charge on any atom is 0.416 e. The fraction of sp³-hybridized carbons (Fsp3) is 0.250. The number of alkyl halides is 3. The molecule has 3 nitrogen and oxygen atoms in total. The van der Waals surface area contributed by atoms with Gasteiger partial charge < -0.3 is 9.30 Å². The lowest BCUT2D eigenvalue weighted by Gasteiger charge is -2.09. The minimum atomic E-state index is -4.32.